The average molecular weight is 272 g/mol. The summed E-state index contributed by atoms with van der Waals surface area (Å²) < 4.78 is 16.2. The fourth-order valence-electron chi connectivity index (χ4n) is 1.91. The maximum atomic E-state index is 6.15. The van der Waals surface area contributed by atoms with E-state index < -0.39 is 0 Å². The Hall–Kier alpha value is -0.810. The van der Waals surface area contributed by atoms with Gasteiger partial charge in [0.2, 0.25) is 0 Å². The zero-order valence-electron chi connectivity index (χ0n) is 10.4. The van der Waals surface area contributed by atoms with Crippen molar-refractivity contribution in [2.75, 3.05) is 33.5 Å². The summed E-state index contributed by atoms with van der Waals surface area (Å²) in [7, 11) is 1.65. The molecule has 0 radical (unpaired) electrons. The third-order valence-electron chi connectivity index (χ3n) is 2.85. The maximum absolute atomic E-state index is 6.15. The summed E-state index contributed by atoms with van der Waals surface area (Å²) in [6.45, 7) is 3.40. The van der Waals surface area contributed by atoms with Gasteiger partial charge in [0, 0.05) is 23.7 Å². The summed E-state index contributed by atoms with van der Waals surface area (Å²) in [4.78, 5) is 0. The lowest BCUT2D eigenvalue weighted by atomic mass is 10.2. The van der Waals surface area contributed by atoms with E-state index in [1.807, 2.05) is 18.2 Å². The first kappa shape index (κ1) is 13.6. The number of benzene rings is 1. The second kappa shape index (κ2) is 6.95. The Morgan fingerprint density at radius 3 is 3.06 bits per heavy atom. The minimum Gasteiger partial charge on any atom is -0.496 e. The van der Waals surface area contributed by atoms with E-state index in [1.165, 1.54) is 0 Å². The Kier molecular flexibility index (Phi) is 5.26. The molecular formula is C13H18ClNO3. The van der Waals surface area contributed by atoms with Crippen LogP contribution in [0.15, 0.2) is 18.2 Å². The van der Waals surface area contributed by atoms with Gasteiger partial charge in [-0.15, -0.1) is 0 Å². The molecule has 5 heteroatoms. The number of halogens is 1. The first-order chi connectivity index (χ1) is 8.81. The van der Waals surface area contributed by atoms with Gasteiger partial charge in [-0.3, -0.25) is 0 Å². The monoisotopic (exact) mass is 271 g/mol. The summed E-state index contributed by atoms with van der Waals surface area (Å²) in [5, 5.41) is 4.03. The van der Waals surface area contributed by atoms with Gasteiger partial charge in [-0.2, -0.15) is 0 Å². The zero-order valence-corrected chi connectivity index (χ0v) is 11.2. The van der Waals surface area contributed by atoms with Crippen molar-refractivity contribution < 1.29 is 14.2 Å². The van der Waals surface area contributed by atoms with Gasteiger partial charge in [-0.05, 0) is 12.1 Å². The molecular weight excluding hydrogens is 254 g/mol. The predicted octanol–water partition coefficient (Wildman–Crippen LogP) is 1.85. The first-order valence-corrected chi connectivity index (χ1v) is 6.40. The number of methoxy groups -OCH3 is 1. The second-order valence-corrected chi connectivity index (χ2v) is 4.53. The second-order valence-electron chi connectivity index (χ2n) is 4.12. The lowest BCUT2D eigenvalue weighted by Crippen LogP contribution is -2.37. The Morgan fingerprint density at radius 2 is 2.33 bits per heavy atom. The molecule has 100 valence electrons. The van der Waals surface area contributed by atoms with Crippen molar-refractivity contribution in [3.8, 4) is 5.75 Å². The van der Waals surface area contributed by atoms with Crippen molar-refractivity contribution in [2.24, 2.45) is 0 Å². The molecule has 18 heavy (non-hydrogen) atoms. The molecule has 0 aromatic heterocycles. The molecule has 1 aliphatic heterocycles. The van der Waals surface area contributed by atoms with Crippen molar-refractivity contribution in [1.82, 2.24) is 5.32 Å². The van der Waals surface area contributed by atoms with Gasteiger partial charge >= 0.3 is 0 Å². The molecule has 1 unspecified atom stereocenters. The van der Waals surface area contributed by atoms with Crippen LogP contribution in [0.5, 0.6) is 5.75 Å². The lowest BCUT2D eigenvalue weighted by molar-refractivity contribution is -0.0864. The van der Waals surface area contributed by atoms with E-state index in [1.54, 1.807) is 7.11 Å². The first-order valence-electron chi connectivity index (χ1n) is 6.02. The largest absolute Gasteiger partial charge is 0.496 e. The fourth-order valence-corrected chi connectivity index (χ4v) is 2.15. The smallest absolute Gasteiger partial charge is 0.124 e. The van der Waals surface area contributed by atoms with Crippen LogP contribution < -0.4 is 10.1 Å². The maximum Gasteiger partial charge on any atom is 0.124 e. The van der Waals surface area contributed by atoms with E-state index in [0.29, 0.717) is 31.4 Å². The molecule has 1 saturated heterocycles. The van der Waals surface area contributed by atoms with Crippen LogP contribution >= 0.6 is 11.6 Å². The normalized spacial score (nSPS) is 19.8. The molecule has 1 aliphatic rings. The third kappa shape index (κ3) is 3.59. The molecule has 1 N–H and O–H groups in total. The fraction of sp³-hybridized carbons (Fsp3) is 0.538. The van der Waals surface area contributed by atoms with Gasteiger partial charge in [-0.25, -0.2) is 0 Å². The molecule has 1 heterocycles. The number of hydrogen-bond donors (Lipinski definition) is 1. The number of hydrogen-bond acceptors (Lipinski definition) is 4. The van der Waals surface area contributed by atoms with E-state index in [2.05, 4.69) is 5.32 Å². The van der Waals surface area contributed by atoms with Gasteiger partial charge in [0.25, 0.3) is 0 Å². The molecule has 0 aliphatic carbocycles. The Morgan fingerprint density at radius 1 is 1.44 bits per heavy atom. The van der Waals surface area contributed by atoms with Gasteiger partial charge in [0.05, 0.1) is 33.0 Å². The molecule has 1 fully saturated rings. The summed E-state index contributed by atoms with van der Waals surface area (Å²) in [6, 6.07) is 5.65. The summed E-state index contributed by atoms with van der Waals surface area (Å²) in [6.07, 6.45) is 0.118. The van der Waals surface area contributed by atoms with Crippen molar-refractivity contribution in [3.63, 3.8) is 0 Å². The quantitative estimate of drug-likeness (QED) is 0.887. The molecule has 1 atom stereocenters. The molecule has 0 bridgehead atoms. The standard InChI is InChI=1S/C13H18ClNO3/c1-16-13-4-2-3-12(14)11(13)8-15-7-10-9-17-5-6-18-10/h2-4,10,15H,5-9H2,1H3. The highest BCUT2D eigenvalue weighted by atomic mass is 35.5. The van der Waals surface area contributed by atoms with Crippen molar-refractivity contribution >= 4 is 11.6 Å². The van der Waals surface area contributed by atoms with Gasteiger partial charge < -0.3 is 19.5 Å². The predicted molar refractivity (Wildman–Crippen MR) is 70.3 cm³/mol. The molecule has 0 spiro atoms. The highest BCUT2D eigenvalue weighted by molar-refractivity contribution is 6.31. The molecule has 0 amide bonds. The van der Waals surface area contributed by atoms with E-state index in [0.717, 1.165) is 17.9 Å². The third-order valence-corrected chi connectivity index (χ3v) is 3.21. The Labute approximate surface area is 112 Å². The Balaban J connectivity index is 1.85. The van der Waals surface area contributed by atoms with Crippen molar-refractivity contribution in [2.45, 2.75) is 12.6 Å². The minimum atomic E-state index is 0.118. The minimum absolute atomic E-state index is 0.118. The number of ether oxygens (including phenoxy) is 3. The molecule has 2 rings (SSSR count). The summed E-state index contributed by atoms with van der Waals surface area (Å²) in [5.41, 5.74) is 0.971. The van der Waals surface area contributed by atoms with Crippen molar-refractivity contribution in [1.29, 1.82) is 0 Å². The molecule has 0 saturated carbocycles. The van der Waals surface area contributed by atoms with Crippen LogP contribution in [0.1, 0.15) is 5.56 Å². The average Bonchev–Trinajstić information content (AvgIpc) is 2.41. The highest BCUT2D eigenvalue weighted by Crippen LogP contribution is 2.25. The van der Waals surface area contributed by atoms with Crippen LogP contribution in [0.3, 0.4) is 0 Å². The van der Waals surface area contributed by atoms with Crippen LogP contribution in [0, 0.1) is 0 Å². The van der Waals surface area contributed by atoms with Gasteiger partial charge in [-0.1, -0.05) is 17.7 Å². The van der Waals surface area contributed by atoms with Crippen molar-refractivity contribution in [3.05, 3.63) is 28.8 Å². The number of rotatable bonds is 5. The van der Waals surface area contributed by atoms with Gasteiger partial charge in [0.15, 0.2) is 0 Å². The van der Waals surface area contributed by atoms with E-state index in [-0.39, 0.29) is 6.10 Å². The summed E-state index contributed by atoms with van der Waals surface area (Å²) >= 11 is 6.15. The SMILES string of the molecule is COc1cccc(Cl)c1CNCC1COCCO1. The topological polar surface area (TPSA) is 39.7 Å². The molecule has 4 nitrogen and oxygen atoms in total. The molecule has 1 aromatic rings. The Bertz CT molecular complexity index is 380. The van der Waals surface area contributed by atoms with Crippen LogP contribution in [-0.2, 0) is 16.0 Å². The van der Waals surface area contributed by atoms with Crippen LogP contribution in [0.2, 0.25) is 5.02 Å². The number of nitrogens with one attached hydrogen (secondary N) is 1. The van der Waals surface area contributed by atoms with Crippen LogP contribution in [0.4, 0.5) is 0 Å². The van der Waals surface area contributed by atoms with Gasteiger partial charge in [0.1, 0.15) is 5.75 Å². The zero-order chi connectivity index (χ0) is 12.8. The summed E-state index contributed by atoms with van der Waals surface area (Å²) in [5.74, 6) is 0.802. The van der Waals surface area contributed by atoms with E-state index in [4.69, 9.17) is 25.8 Å². The van der Waals surface area contributed by atoms with E-state index in [9.17, 15) is 0 Å². The van der Waals surface area contributed by atoms with E-state index >= 15 is 0 Å². The van der Waals surface area contributed by atoms with Crippen LogP contribution in [0.25, 0.3) is 0 Å². The lowest BCUT2D eigenvalue weighted by Gasteiger charge is -2.23. The highest BCUT2D eigenvalue weighted by Gasteiger charge is 2.14. The van der Waals surface area contributed by atoms with Crippen LogP contribution in [-0.4, -0.2) is 39.6 Å². The molecule has 1 aromatic carbocycles.